The molecule has 0 atom stereocenters. The van der Waals surface area contributed by atoms with E-state index in [9.17, 15) is 12.8 Å². The van der Waals surface area contributed by atoms with Crippen molar-refractivity contribution in [3.05, 3.63) is 29.6 Å². The van der Waals surface area contributed by atoms with Gasteiger partial charge in [-0.05, 0) is 12.1 Å². The summed E-state index contributed by atoms with van der Waals surface area (Å²) >= 11 is 0. The van der Waals surface area contributed by atoms with Crippen molar-refractivity contribution < 1.29 is 12.8 Å². The molecule has 0 unspecified atom stereocenters. The molecule has 0 aliphatic heterocycles. The number of rotatable bonds is 2. The first-order valence-electron chi connectivity index (χ1n) is 3.64. The van der Waals surface area contributed by atoms with Gasteiger partial charge >= 0.3 is 0 Å². The van der Waals surface area contributed by atoms with Gasteiger partial charge in [-0.1, -0.05) is 6.07 Å². The molecular formula is C8H7FN2O2S. The number of primary sulfonamides is 1. The van der Waals surface area contributed by atoms with Crippen molar-refractivity contribution in [3.63, 3.8) is 0 Å². The second-order valence-electron chi connectivity index (χ2n) is 2.60. The molecular weight excluding hydrogens is 207 g/mol. The third-order valence-electron chi connectivity index (χ3n) is 1.64. The fraction of sp³-hybridized carbons (Fsp3) is 0.125. The van der Waals surface area contributed by atoms with Crippen LogP contribution >= 0.6 is 0 Å². The fourth-order valence-electron chi connectivity index (χ4n) is 1.06. The first kappa shape index (κ1) is 10.6. The van der Waals surface area contributed by atoms with E-state index >= 15 is 0 Å². The van der Waals surface area contributed by atoms with Crippen LogP contribution in [-0.2, 0) is 16.4 Å². The van der Waals surface area contributed by atoms with Crippen LogP contribution in [-0.4, -0.2) is 8.42 Å². The molecule has 0 aromatic heterocycles. The number of nitrogens with zero attached hydrogens (tertiary/aromatic N) is 1. The normalized spacial score (nSPS) is 10.9. The molecule has 1 aromatic carbocycles. The molecule has 1 aromatic rings. The van der Waals surface area contributed by atoms with Gasteiger partial charge in [0.15, 0.2) is 0 Å². The lowest BCUT2D eigenvalue weighted by molar-refractivity contribution is 0.586. The molecule has 0 bridgehead atoms. The topological polar surface area (TPSA) is 83.9 Å². The Morgan fingerprint density at radius 3 is 2.64 bits per heavy atom. The Kier molecular flexibility index (Phi) is 2.84. The number of nitriles is 1. The zero-order chi connectivity index (χ0) is 10.8. The van der Waals surface area contributed by atoms with Gasteiger partial charge in [0.25, 0.3) is 0 Å². The van der Waals surface area contributed by atoms with Crippen molar-refractivity contribution in [1.82, 2.24) is 0 Å². The lowest BCUT2D eigenvalue weighted by Gasteiger charge is -2.04. The third kappa shape index (κ3) is 2.07. The van der Waals surface area contributed by atoms with Crippen molar-refractivity contribution in [1.29, 1.82) is 5.26 Å². The molecule has 0 saturated heterocycles. The number of benzene rings is 1. The van der Waals surface area contributed by atoms with Crippen LogP contribution in [0.3, 0.4) is 0 Å². The van der Waals surface area contributed by atoms with E-state index in [1.807, 2.05) is 0 Å². The average molecular weight is 214 g/mol. The predicted octanol–water partition coefficient (Wildman–Crippen LogP) is 0.539. The predicted molar refractivity (Wildman–Crippen MR) is 47.1 cm³/mol. The number of halogens is 1. The lowest BCUT2D eigenvalue weighted by atomic mass is 10.1. The summed E-state index contributed by atoms with van der Waals surface area (Å²) in [5.41, 5.74) is -0.183. The largest absolute Gasteiger partial charge is 0.238 e. The minimum Gasteiger partial charge on any atom is -0.225 e. The van der Waals surface area contributed by atoms with E-state index in [0.717, 1.165) is 6.07 Å². The molecule has 1 rings (SSSR count). The summed E-state index contributed by atoms with van der Waals surface area (Å²) in [6.07, 6.45) is -0.321. The summed E-state index contributed by atoms with van der Waals surface area (Å²) in [4.78, 5) is -0.334. The Labute approximate surface area is 80.8 Å². The Morgan fingerprint density at radius 1 is 1.50 bits per heavy atom. The zero-order valence-electron chi connectivity index (χ0n) is 7.07. The van der Waals surface area contributed by atoms with E-state index < -0.39 is 15.8 Å². The highest BCUT2D eigenvalue weighted by atomic mass is 32.2. The molecule has 0 radical (unpaired) electrons. The quantitative estimate of drug-likeness (QED) is 0.779. The summed E-state index contributed by atoms with van der Waals surface area (Å²) in [5, 5.41) is 13.2. The second-order valence-corrected chi connectivity index (χ2v) is 4.13. The molecule has 0 heterocycles. The van der Waals surface area contributed by atoms with E-state index in [1.165, 1.54) is 12.1 Å². The molecule has 0 fully saturated rings. The van der Waals surface area contributed by atoms with Crippen LogP contribution in [0.25, 0.3) is 0 Å². The summed E-state index contributed by atoms with van der Waals surface area (Å²) in [5.74, 6) is -0.738. The minimum absolute atomic E-state index is 0.183. The molecule has 4 nitrogen and oxygen atoms in total. The van der Waals surface area contributed by atoms with Gasteiger partial charge in [-0.2, -0.15) is 5.26 Å². The van der Waals surface area contributed by atoms with Crippen LogP contribution in [0.2, 0.25) is 0 Å². The lowest BCUT2D eigenvalue weighted by Crippen LogP contribution is -2.15. The molecule has 2 N–H and O–H groups in total. The van der Waals surface area contributed by atoms with Gasteiger partial charge in [-0.25, -0.2) is 17.9 Å². The first-order chi connectivity index (χ1) is 6.46. The van der Waals surface area contributed by atoms with Gasteiger partial charge in [0.05, 0.1) is 17.4 Å². The summed E-state index contributed by atoms with van der Waals surface area (Å²) in [6, 6.07) is 5.17. The molecule has 14 heavy (non-hydrogen) atoms. The van der Waals surface area contributed by atoms with Crippen molar-refractivity contribution >= 4 is 10.0 Å². The number of hydrogen-bond acceptors (Lipinski definition) is 3. The van der Waals surface area contributed by atoms with Crippen molar-refractivity contribution in [2.24, 2.45) is 5.14 Å². The first-order valence-corrected chi connectivity index (χ1v) is 5.18. The molecule has 0 aliphatic carbocycles. The van der Waals surface area contributed by atoms with Gasteiger partial charge in [-0.3, -0.25) is 0 Å². The van der Waals surface area contributed by atoms with Gasteiger partial charge in [-0.15, -0.1) is 0 Å². The average Bonchev–Trinajstić information content (AvgIpc) is 2.07. The van der Waals surface area contributed by atoms with Gasteiger partial charge < -0.3 is 0 Å². The molecule has 0 spiro atoms. The van der Waals surface area contributed by atoms with Crippen molar-refractivity contribution in [2.45, 2.75) is 11.3 Å². The highest BCUT2D eigenvalue weighted by Gasteiger charge is 2.16. The third-order valence-corrected chi connectivity index (χ3v) is 2.63. The van der Waals surface area contributed by atoms with E-state index in [-0.39, 0.29) is 16.9 Å². The SMILES string of the molecule is N#CCc1c(F)cccc1S(N)(=O)=O. The molecule has 0 saturated carbocycles. The minimum atomic E-state index is -3.97. The van der Waals surface area contributed by atoms with Gasteiger partial charge in [0.2, 0.25) is 10.0 Å². The summed E-state index contributed by atoms with van der Waals surface area (Å²) in [7, 11) is -3.97. The molecule has 74 valence electrons. The zero-order valence-corrected chi connectivity index (χ0v) is 7.88. The van der Waals surface area contributed by atoms with Crippen LogP contribution in [0.4, 0.5) is 4.39 Å². The van der Waals surface area contributed by atoms with Crippen LogP contribution in [0.15, 0.2) is 23.1 Å². The number of sulfonamides is 1. The van der Waals surface area contributed by atoms with E-state index in [1.54, 1.807) is 6.07 Å². The molecule has 0 amide bonds. The Balaban J connectivity index is 3.45. The Morgan fingerprint density at radius 2 is 2.14 bits per heavy atom. The maximum Gasteiger partial charge on any atom is 0.238 e. The van der Waals surface area contributed by atoms with Gasteiger partial charge in [0, 0.05) is 5.56 Å². The van der Waals surface area contributed by atoms with E-state index in [2.05, 4.69) is 0 Å². The van der Waals surface area contributed by atoms with Crippen molar-refractivity contribution in [2.75, 3.05) is 0 Å². The van der Waals surface area contributed by atoms with Crippen LogP contribution in [0, 0.1) is 17.1 Å². The summed E-state index contributed by atoms with van der Waals surface area (Å²) in [6.45, 7) is 0. The fourth-order valence-corrected chi connectivity index (χ4v) is 1.84. The number of nitrogens with two attached hydrogens (primary N) is 1. The van der Waals surface area contributed by atoms with Crippen LogP contribution in [0.1, 0.15) is 5.56 Å². The standard InChI is InChI=1S/C8H7FN2O2S/c9-7-2-1-3-8(14(11,12)13)6(7)4-5-10/h1-3H,4H2,(H2,11,12,13). The summed E-state index contributed by atoms with van der Waals surface area (Å²) < 4.78 is 35.1. The molecule has 6 heteroatoms. The van der Waals surface area contributed by atoms with E-state index in [0.29, 0.717) is 0 Å². The Hall–Kier alpha value is -1.45. The van der Waals surface area contributed by atoms with Crippen molar-refractivity contribution in [3.8, 4) is 6.07 Å². The number of hydrogen-bond donors (Lipinski definition) is 1. The van der Waals surface area contributed by atoms with Crippen LogP contribution in [0.5, 0.6) is 0 Å². The van der Waals surface area contributed by atoms with Crippen LogP contribution < -0.4 is 5.14 Å². The maximum absolute atomic E-state index is 13.1. The highest BCUT2D eigenvalue weighted by Crippen LogP contribution is 2.17. The van der Waals surface area contributed by atoms with Gasteiger partial charge in [0.1, 0.15) is 5.82 Å². The smallest absolute Gasteiger partial charge is 0.225 e. The maximum atomic E-state index is 13.1. The monoisotopic (exact) mass is 214 g/mol. The molecule has 0 aliphatic rings. The highest BCUT2D eigenvalue weighted by molar-refractivity contribution is 7.89. The van der Waals surface area contributed by atoms with E-state index in [4.69, 9.17) is 10.4 Å². The Bertz CT molecular complexity index is 491. The second kappa shape index (κ2) is 3.74.